The highest BCUT2D eigenvalue weighted by molar-refractivity contribution is 7.83. The molecule has 0 fully saturated rings. The number of methoxy groups -OCH3 is 1. The maximum Gasteiger partial charge on any atom is 0.361 e. The van der Waals surface area contributed by atoms with Gasteiger partial charge in [0.15, 0.2) is 0 Å². The normalized spacial score (nSPS) is 17.5. The standard InChI is InChI=1S/C6H13ClNO4P/c1-4-12-13(7,10)8-5(2)6(9)11-3/h5H,4H2,1-3H3,(H,8,10)/t5-,13?/m0/s1. The van der Waals surface area contributed by atoms with Crippen molar-refractivity contribution in [2.75, 3.05) is 13.7 Å². The van der Waals surface area contributed by atoms with Crippen LogP contribution >= 0.6 is 18.1 Å². The number of carbonyl (C=O) groups is 1. The third-order valence-corrected chi connectivity index (χ3v) is 3.07. The van der Waals surface area contributed by atoms with Crippen LogP contribution < -0.4 is 5.09 Å². The number of rotatable bonds is 5. The summed E-state index contributed by atoms with van der Waals surface area (Å²) >= 11 is 5.45. The quantitative estimate of drug-likeness (QED) is 0.572. The van der Waals surface area contributed by atoms with Crippen LogP contribution in [-0.2, 0) is 18.6 Å². The highest BCUT2D eigenvalue weighted by Gasteiger charge is 2.25. The van der Waals surface area contributed by atoms with Gasteiger partial charge in [-0.2, -0.15) is 0 Å². The van der Waals surface area contributed by atoms with Crippen molar-refractivity contribution in [1.29, 1.82) is 0 Å². The number of ether oxygens (including phenoxy) is 1. The Hall–Kier alpha value is -0.0900. The molecule has 13 heavy (non-hydrogen) atoms. The van der Waals surface area contributed by atoms with Crippen LogP contribution in [0.5, 0.6) is 0 Å². The lowest BCUT2D eigenvalue weighted by Crippen LogP contribution is -2.32. The fourth-order valence-electron chi connectivity index (χ4n) is 0.664. The molecule has 1 unspecified atom stereocenters. The van der Waals surface area contributed by atoms with Gasteiger partial charge in [0.25, 0.3) is 0 Å². The van der Waals surface area contributed by atoms with Gasteiger partial charge in [-0.1, -0.05) is 0 Å². The average Bonchev–Trinajstić information content (AvgIpc) is 2.01. The van der Waals surface area contributed by atoms with E-state index in [4.69, 9.17) is 15.8 Å². The molecule has 0 aliphatic heterocycles. The molecule has 0 amide bonds. The molecule has 0 rings (SSSR count). The molecular weight excluding hydrogens is 216 g/mol. The van der Waals surface area contributed by atoms with Gasteiger partial charge < -0.3 is 9.26 Å². The highest BCUT2D eigenvalue weighted by atomic mass is 35.7. The molecule has 0 radical (unpaired) electrons. The molecule has 0 aliphatic carbocycles. The van der Waals surface area contributed by atoms with Crippen LogP contribution in [0.4, 0.5) is 0 Å². The van der Waals surface area contributed by atoms with Crippen LogP contribution in [0.3, 0.4) is 0 Å². The molecule has 0 bridgehead atoms. The maximum atomic E-state index is 11.3. The Balaban J connectivity index is 4.11. The second-order valence-corrected chi connectivity index (χ2v) is 5.08. The molecule has 0 aromatic rings. The molecule has 5 nitrogen and oxygen atoms in total. The van der Waals surface area contributed by atoms with E-state index in [0.717, 1.165) is 0 Å². The van der Waals surface area contributed by atoms with Gasteiger partial charge in [-0.3, -0.25) is 9.36 Å². The van der Waals surface area contributed by atoms with E-state index in [1.165, 1.54) is 14.0 Å². The third kappa shape index (κ3) is 5.26. The summed E-state index contributed by atoms with van der Waals surface area (Å²) in [6.45, 7) is -0.0460. The first kappa shape index (κ1) is 12.9. The van der Waals surface area contributed by atoms with E-state index in [9.17, 15) is 9.36 Å². The number of hydrogen-bond donors (Lipinski definition) is 1. The predicted octanol–water partition coefficient (Wildman–Crippen LogP) is 1.52. The smallest absolute Gasteiger partial charge is 0.361 e. The first-order valence-corrected chi connectivity index (χ1v) is 6.25. The molecule has 2 atom stereocenters. The topological polar surface area (TPSA) is 64.6 Å². The van der Waals surface area contributed by atoms with Crippen molar-refractivity contribution in [3.63, 3.8) is 0 Å². The molecule has 0 aliphatic rings. The minimum Gasteiger partial charge on any atom is -0.468 e. The van der Waals surface area contributed by atoms with Gasteiger partial charge in [0.05, 0.1) is 13.7 Å². The minimum absolute atomic E-state index is 0.210. The van der Waals surface area contributed by atoms with Crippen LogP contribution in [0.15, 0.2) is 0 Å². The molecule has 7 heteroatoms. The van der Waals surface area contributed by atoms with Crippen LogP contribution in [0.2, 0.25) is 0 Å². The van der Waals surface area contributed by atoms with E-state index in [-0.39, 0.29) is 6.61 Å². The van der Waals surface area contributed by atoms with Gasteiger partial charge in [-0.25, -0.2) is 5.09 Å². The lowest BCUT2D eigenvalue weighted by Gasteiger charge is -2.15. The molecule has 0 spiro atoms. The Bertz CT molecular complexity index is 223. The summed E-state index contributed by atoms with van der Waals surface area (Å²) in [7, 11) is 1.24. The summed E-state index contributed by atoms with van der Waals surface area (Å²) in [6.07, 6.45) is 0. The van der Waals surface area contributed by atoms with Crippen molar-refractivity contribution in [2.45, 2.75) is 19.9 Å². The van der Waals surface area contributed by atoms with Crippen LogP contribution in [0.1, 0.15) is 13.8 Å². The maximum absolute atomic E-state index is 11.3. The van der Waals surface area contributed by atoms with Crippen molar-refractivity contribution in [1.82, 2.24) is 5.09 Å². The number of esters is 1. The van der Waals surface area contributed by atoms with Gasteiger partial charge in [0.1, 0.15) is 6.04 Å². The number of carbonyl (C=O) groups excluding carboxylic acids is 1. The van der Waals surface area contributed by atoms with Crippen molar-refractivity contribution in [3.05, 3.63) is 0 Å². The van der Waals surface area contributed by atoms with Crippen LogP contribution in [-0.4, -0.2) is 25.7 Å². The minimum atomic E-state index is -3.39. The van der Waals surface area contributed by atoms with Crippen molar-refractivity contribution in [3.8, 4) is 0 Å². The van der Waals surface area contributed by atoms with E-state index in [1.807, 2.05) is 0 Å². The Morgan fingerprint density at radius 1 is 1.69 bits per heavy atom. The third-order valence-electron chi connectivity index (χ3n) is 1.20. The number of halogens is 1. The zero-order valence-corrected chi connectivity index (χ0v) is 9.39. The van der Waals surface area contributed by atoms with E-state index in [0.29, 0.717) is 0 Å². The van der Waals surface area contributed by atoms with E-state index < -0.39 is 18.9 Å². The average molecular weight is 230 g/mol. The Morgan fingerprint density at radius 2 is 2.23 bits per heavy atom. The van der Waals surface area contributed by atoms with Gasteiger partial charge in [-0.15, -0.1) is 0 Å². The van der Waals surface area contributed by atoms with Crippen LogP contribution in [0, 0.1) is 0 Å². The number of hydrogen-bond acceptors (Lipinski definition) is 4. The Kier molecular flexibility index (Phi) is 5.56. The summed E-state index contributed by atoms with van der Waals surface area (Å²) < 4.78 is 20.4. The highest BCUT2D eigenvalue weighted by Crippen LogP contribution is 2.48. The van der Waals surface area contributed by atoms with Crippen molar-refractivity contribution in [2.24, 2.45) is 0 Å². The molecule has 0 aromatic carbocycles. The zero-order valence-electron chi connectivity index (χ0n) is 7.74. The second kappa shape index (κ2) is 5.60. The number of nitrogens with one attached hydrogen (secondary N) is 1. The largest absolute Gasteiger partial charge is 0.468 e. The Morgan fingerprint density at radius 3 is 2.62 bits per heavy atom. The molecule has 0 saturated carbocycles. The fraction of sp³-hybridized carbons (Fsp3) is 0.833. The summed E-state index contributed by atoms with van der Waals surface area (Å²) in [5.41, 5.74) is 0. The first-order chi connectivity index (χ1) is 5.93. The molecule has 1 N–H and O–H groups in total. The predicted molar refractivity (Wildman–Crippen MR) is 49.7 cm³/mol. The zero-order chi connectivity index (χ0) is 10.5. The monoisotopic (exact) mass is 229 g/mol. The van der Waals surface area contributed by atoms with Crippen molar-refractivity contribution >= 4 is 24.1 Å². The lowest BCUT2D eigenvalue weighted by molar-refractivity contribution is -0.142. The molecule has 78 valence electrons. The van der Waals surface area contributed by atoms with Gasteiger partial charge in [0, 0.05) is 0 Å². The van der Waals surface area contributed by atoms with Gasteiger partial charge in [0.2, 0.25) is 0 Å². The lowest BCUT2D eigenvalue weighted by atomic mass is 10.4. The first-order valence-electron chi connectivity index (χ1n) is 3.72. The molecule has 0 heterocycles. The summed E-state index contributed by atoms with van der Waals surface area (Å²) in [5, 5.41) is 2.33. The van der Waals surface area contributed by atoms with Crippen molar-refractivity contribution < 1.29 is 18.6 Å². The van der Waals surface area contributed by atoms with E-state index in [1.54, 1.807) is 6.92 Å². The molecule has 0 saturated heterocycles. The van der Waals surface area contributed by atoms with Crippen LogP contribution in [0.25, 0.3) is 0 Å². The van der Waals surface area contributed by atoms with Gasteiger partial charge in [-0.05, 0) is 25.1 Å². The van der Waals surface area contributed by atoms with E-state index >= 15 is 0 Å². The SMILES string of the molecule is CCOP(=O)(Cl)N[C@@H](C)C(=O)OC. The Labute approximate surface area is 82.0 Å². The summed E-state index contributed by atoms with van der Waals surface area (Å²) in [6, 6.07) is -0.750. The summed E-state index contributed by atoms with van der Waals surface area (Å²) in [5.74, 6) is -0.541. The molecular formula is C6H13ClNO4P. The second-order valence-electron chi connectivity index (χ2n) is 2.27. The summed E-state index contributed by atoms with van der Waals surface area (Å²) in [4.78, 5) is 10.9. The van der Waals surface area contributed by atoms with E-state index in [2.05, 4.69) is 9.82 Å². The van der Waals surface area contributed by atoms with Gasteiger partial charge >= 0.3 is 12.8 Å². The molecule has 0 aromatic heterocycles. The fourth-order valence-corrected chi connectivity index (χ4v) is 2.37.